The van der Waals surface area contributed by atoms with Gasteiger partial charge in [-0.25, -0.2) is 0 Å². The highest BCUT2D eigenvalue weighted by Crippen LogP contribution is 2.31. The molecule has 2 aromatic rings. The molecule has 0 aliphatic rings. The largest absolute Gasteiger partial charge is 0.433 e. The fourth-order valence-corrected chi connectivity index (χ4v) is 2.38. The number of alkyl halides is 2. The van der Waals surface area contributed by atoms with E-state index in [1.54, 1.807) is 30.3 Å². The lowest BCUT2D eigenvalue weighted by molar-refractivity contribution is -0.0493. The average molecular weight is 377 g/mol. The normalized spacial score (nSPS) is 10.5. The molecule has 23 heavy (non-hydrogen) atoms. The van der Waals surface area contributed by atoms with E-state index >= 15 is 0 Å². The summed E-state index contributed by atoms with van der Waals surface area (Å²) < 4.78 is 29.4. The number of benzene rings is 2. The van der Waals surface area contributed by atoms with Crippen molar-refractivity contribution in [1.82, 2.24) is 0 Å². The average Bonchev–Trinajstić information content (AvgIpc) is 2.46. The minimum Gasteiger partial charge on any atom is -0.433 e. The number of thiocarbonyl (C=S) groups is 1. The first kappa shape index (κ1) is 17.7. The van der Waals surface area contributed by atoms with Crippen LogP contribution in [0.4, 0.5) is 20.2 Å². The third-order valence-corrected chi connectivity index (χ3v) is 3.82. The Morgan fingerprint density at radius 2 is 1.83 bits per heavy atom. The summed E-state index contributed by atoms with van der Waals surface area (Å²) in [7, 11) is 0. The lowest BCUT2D eigenvalue weighted by Crippen LogP contribution is -2.20. The summed E-state index contributed by atoms with van der Waals surface area (Å²) in [4.78, 5) is 0. The highest BCUT2D eigenvalue weighted by atomic mass is 35.5. The van der Waals surface area contributed by atoms with Crippen LogP contribution >= 0.6 is 35.4 Å². The first-order valence-corrected chi connectivity index (χ1v) is 7.60. The van der Waals surface area contributed by atoms with Crippen LogP contribution < -0.4 is 15.4 Å². The van der Waals surface area contributed by atoms with Gasteiger partial charge in [0, 0.05) is 0 Å². The van der Waals surface area contributed by atoms with Crippen molar-refractivity contribution in [3.8, 4) is 5.75 Å². The molecule has 8 heteroatoms. The number of hydrogen-bond acceptors (Lipinski definition) is 2. The van der Waals surface area contributed by atoms with Gasteiger partial charge in [-0.2, -0.15) is 8.78 Å². The number of ether oxygens (including phenoxy) is 1. The number of rotatable bonds is 4. The zero-order valence-corrected chi connectivity index (χ0v) is 14.2. The van der Waals surface area contributed by atoms with E-state index in [9.17, 15) is 8.78 Å². The summed E-state index contributed by atoms with van der Waals surface area (Å²) >= 11 is 17.2. The van der Waals surface area contributed by atoms with Crippen LogP contribution in [-0.4, -0.2) is 11.7 Å². The third-order valence-electron chi connectivity index (χ3n) is 2.80. The summed E-state index contributed by atoms with van der Waals surface area (Å²) in [5.74, 6) is -0.00746. The van der Waals surface area contributed by atoms with Crippen LogP contribution in [0.5, 0.6) is 5.75 Å². The van der Waals surface area contributed by atoms with Gasteiger partial charge in [-0.1, -0.05) is 35.3 Å². The minimum absolute atomic E-state index is 0.00746. The maximum Gasteiger partial charge on any atom is 0.387 e. The fraction of sp³-hybridized carbons (Fsp3) is 0.133. The monoisotopic (exact) mass is 376 g/mol. The SMILES string of the molecule is Cc1ccc(OC(F)F)c(NC(=S)Nc2cccc(Cl)c2Cl)c1. The molecule has 122 valence electrons. The second-order valence-corrected chi connectivity index (χ2v) is 5.75. The summed E-state index contributed by atoms with van der Waals surface area (Å²) in [5.41, 5.74) is 1.68. The Bertz CT molecular complexity index is 729. The van der Waals surface area contributed by atoms with E-state index in [4.69, 9.17) is 35.4 Å². The molecule has 0 fully saturated rings. The van der Waals surface area contributed by atoms with Gasteiger partial charge in [0.05, 0.1) is 21.4 Å². The van der Waals surface area contributed by atoms with E-state index in [0.717, 1.165) is 5.56 Å². The van der Waals surface area contributed by atoms with Crippen LogP contribution in [0.2, 0.25) is 10.0 Å². The Morgan fingerprint density at radius 3 is 2.52 bits per heavy atom. The Kier molecular flexibility index (Phi) is 5.98. The predicted octanol–water partition coefficient (Wildman–Crippen LogP) is 5.71. The lowest BCUT2D eigenvalue weighted by Gasteiger charge is -2.16. The van der Waals surface area contributed by atoms with Gasteiger partial charge in [-0.15, -0.1) is 0 Å². The predicted molar refractivity (Wildman–Crippen MR) is 94.1 cm³/mol. The first-order valence-electron chi connectivity index (χ1n) is 6.44. The van der Waals surface area contributed by atoms with Crippen LogP contribution in [0.1, 0.15) is 5.56 Å². The maximum absolute atomic E-state index is 12.5. The number of halogens is 4. The van der Waals surface area contributed by atoms with Crippen LogP contribution in [-0.2, 0) is 0 Å². The van der Waals surface area contributed by atoms with Crippen LogP contribution in [0.15, 0.2) is 36.4 Å². The highest BCUT2D eigenvalue weighted by Gasteiger charge is 2.12. The summed E-state index contributed by atoms with van der Waals surface area (Å²) in [6.07, 6.45) is 0. The number of aryl methyl sites for hydroxylation is 1. The molecule has 0 amide bonds. The van der Waals surface area contributed by atoms with Crippen LogP contribution in [0.25, 0.3) is 0 Å². The van der Waals surface area contributed by atoms with Gasteiger partial charge in [0.2, 0.25) is 0 Å². The smallest absolute Gasteiger partial charge is 0.387 e. The number of hydrogen-bond donors (Lipinski definition) is 2. The molecule has 0 radical (unpaired) electrons. The van der Waals surface area contributed by atoms with Gasteiger partial charge in [0.1, 0.15) is 5.75 Å². The van der Waals surface area contributed by atoms with Gasteiger partial charge in [-0.05, 0) is 49.0 Å². The summed E-state index contributed by atoms with van der Waals surface area (Å²) in [6.45, 7) is -1.11. The second-order valence-electron chi connectivity index (χ2n) is 4.56. The molecular weight excluding hydrogens is 365 g/mol. The van der Waals surface area contributed by atoms with Crippen molar-refractivity contribution in [2.45, 2.75) is 13.5 Å². The molecule has 2 aromatic carbocycles. The molecule has 2 rings (SSSR count). The Hall–Kier alpha value is -1.63. The van der Waals surface area contributed by atoms with Gasteiger partial charge in [0.15, 0.2) is 5.11 Å². The molecular formula is C15H12Cl2F2N2OS. The lowest BCUT2D eigenvalue weighted by atomic mass is 10.2. The van der Waals surface area contributed by atoms with E-state index in [0.29, 0.717) is 21.4 Å². The fourth-order valence-electron chi connectivity index (χ4n) is 1.82. The molecule has 2 N–H and O–H groups in total. The molecule has 0 bridgehead atoms. The second kappa shape index (κ2) is 7.77. The Labute approximate surface area is 147 Å². The van der Waals surface area contributed by atoms with Crippen molar-refractivity contribution in [2.24, 2.45) is 0 Å². The van der Waals surface area contributed by atoms with E-state index in [2.05, 4.69) is 15.4 Å². The molecule has 3 nitrogen and oxygen atoms in total. The molecule has 0 aromatic heterocycles. The number of anilines is 2. The van der Waals surface area contributed by atoms with Gasteiger partial charge >= 0.3 is 6.61 Å². The van der Waals surface area contributed by atoms with Crippen molar-refractivity contribution in [2.75, 3.05) is 10.6 Å². The molecule has 0 aliphatic heterocycles. The Balaban J connectivity index is 2.16. The Morgan fingerprint density at radius 1 is 1.13 bits per heavy atom. The van der Waals surface area contributed by atoms with Gasteiger partial charge < -0.3 is 15.4 Å². The van der Waals surface area contributed by atoms with Crippen molar-refractivity contribution in [1.29, 1.82) is 0 Å². The first-order chi connectivity index (χ1) is 10.9. The zero-order chi connectivity index (χ0) is 17.0. The van der Waals surface area contributed by atoms with Gasteiger partial charge in [0.25, 0.3) is 0 Å². The highest BCUT2D eigenvalue weighted by molar-refractivity contribution is 7.80. The topological polar surface area (TPSA) is 33.3 Å². The van der Waals surface area contributed by atoms with Crippen LogP contribution in [0.3, 0.4) is 0 Å². The minimum atomic E-state index is -2.93. The molecule has 0 aliphatic carbocycles. The van der Waals surface area contributed by atoms with E-state index in [1.807, 2.05) is 6.92 Å². The molecule has 0 unspecified atom stereocenters. The molecule has 0 atom stereocenters. The van der Waals surface area contributed by atoms with E-state index < -0.39 is 6.61 Å². The molecule has 0 saturated heterocycles. The van der Waals surface area contributed by atoms with Crippen molar-refractivity contribution in [3.63, 3.8) is 0 Å². The van der Waals surface area contributed by atoms with Gasteiger partial charge in [-0.3, -0.25) is 0 Å². The molecule has 0 spiro atoms. The quantitative estimate of drug-likeness (QED) is 0.669. The number of nitrogens with one attached hydrogen (secondary N) is 2. The third kappa shape index (κ3) is 4.92. The zero-order valence-electron chi connectivity index (χ0n) is 11.9. The standard InChI is InChI=1S/C15H12Cl2F2N2OS/c1-8-5-6-12(22-14(18)19)11(7-8)21-15(23)20-10-4-2-3-9(16)13(10)17/h2-7,14H,1H3,(H2,20,21,23). The molecule has 0 heterocycles. The molecule has 0 saturated carbocycles. The van der Waals surface area contributed by atoms with E-state index in [-0.39, 0.29) is 10.9 Å². The maximum atomic E-state index is 12.5. The van der Waals surface area contributed by atoms with Crippen molar-refractivity contribution < 1.29 is 13.5 Å². The van der Waals surface area contributed by atoms with Crippen molar-refractivity contribution in [3.05, 3.63) is 52.0 Å². The summed E-state index contributed by atoms with van der Waals surface area (Å²) in [6, 6.07) is 9.78. The summed E-state index contributed by atoms with van der Waals surface area (Å²) in [5, 5.41) is 6.52. The van der Waals surface area contributed by atoms with E-state index in [1.165, 1.54) is 6.07 Å². The van der Waals surface area contributed by atoms with Crippen molar-refractivity contribution >= 4 is 51.9 Å². The van der Waals surface area contributed by atoms with Crippen LogP contribution in [0, 0.1) is 6.92 Å².